The maximum absolute atomic E-state index is 13.7. The first-order valence-electron chi connectivity index (χ1n) is 5.35. The highest BCUT2D eigenvalue weighted by Crippen LogP contribution is 2.29. The normalized spacial score (nSPS) is 10.2. The zero-order valence-electron chi connectivity index (χ0n) is 9.93. The molecule has 1 aromatic heterocycles. The molecule has 1 aromatic carbocycles. The second-order valence-corrected chi connectivity index (χ2v) is 4.57. The van der Waals surface area contributed by atoms with Gasteiger partial charge >= 0.3 is 0 Å². The van der Waals surface area contributed by atoms with E-state index in [1.165, 1.54) is 24.3 Å². The molecule has 1 heterocycles. The summed E-state index contributed by atoms with van der Waals surface area (Å²) in [5.41, 5.74) is 2.13. The van der Waals surface area contributed by atoms with Crippen molar-refractivity contribution in [2.75, 3.05) is 10.7 Å². The Hall–Kier alpha value is -2.26. The Labute approximate surface area is 121 Å². The fourth-order valence-electron chi connectivity index (χ4n) is 1.50. The molecule has 0 bridgehead atoms. The number of nitrogens with zero attached hydrogens (tertiary/aromatic N) is 2. The molecule has 0 aliphatic heterocycles. The quantitative estimate of drug-likeness (QED) is 0.448. The lowest BCUT2D eigenvalue weighted by atomic mass is 10.3. The van der Waals surface area contributed by atoms with E-state index in [1.807, 2.05) is 0 Å². The van der Waals surface area contributed by atoms with Crippen LogP contribution in [0.2, 0.25) is 0 Å². The summed E-state index contributed by atoms with van der Waals surface area (Å²) >= 11 is 3.18. The second kappa shape index (κ2) is 5.80. The summed E-state index contributed by atoms with van der Waals surface area (Å²) in [6.07, 6.45) is 0. The summed E-state index contributed by atoms with van der Waals surface area (Å²) in [6, 6.07) is 6.76. The van der Waals surface area contributed by atoms with Crippen molar-refractivity contribution in [3.8, 4) is 0 Å². The average Bonchev–Trinajstić information content (AvgIpc) is 2.42. The van der Waals surface area contributed by atoms with Gasteiger partial charge in [-0.2, -0.15) is 0 Å². The van der Waals surface area contributed by atoms with Crippen LogP contribution in [0.1, 0.15) is 0 Å². The third-order valence-corrected chi connectivity index (χ3v) is 3.05. The van der Waals surface area contributed by atoms with E-state index in [1.54, 1.807) is 6.07 Å². The van der Waals surface area contributed by atoms with Crippen molar-refractivity contribution in [1.29, 1.82) is 0 Å². The van der Waals surface area contributed by atoms with Crippen LogP contribution in [0.5, 0.6) is 0 Å². The van der Waals surface area contributed by atoms with E-state index >= 15 is 0 Å². The highest BCUT2D eigenvalue weighted by Gasteiger charge is 2.13. The van der Waals surface area contributed by atoms with Crippen LogP contribution in [0.4, 0.5) is 27.4 Å². The van der Waals surface area contributed by atoms with Gasteiger partial charge < -0.3 is 10.7 Å². The van der Waals surface area contributed by atoms with Crippen LogP contribution in [0, 0.1) is 15.9 Å². The maximum Gasteiger partial charge on any atom is 0.276 e. The summed E-state index contributed by atoms with van der Waals surface area (Å²) < 4.78 is 14.1. The first-order chi connectivity index (χ1) is 9.51. The number of aromatic nitrogens is 1. The number of para-hydroxylation sites is 1. The highest BCUT2D eigenvalue weighted by molar-refractivity contribution is 9.10. The molecule has 0 saturated carbocycles. The zero-order valence-corrected chi connectivity index (χ0v) is 11.5. The van der Waals surface area contributed by atoms with E-state index in [9.17, 15) is 14.5 Å². The summed E-state index contributed by atoms with van der Waals surface area (Å²) in [7, 11) is 0. The lowest BCUT2D eigenvalue weighted by Gasteiger charge is -2.10. The molecule has 0 atom stereocenters. The van der Waals surface area contributed by atoms with Gasteiger partial charge in [0.2, 0.25) is 0 Å². The van der Waals surface area contributed by atoms with Crippen LogP contribution in [-0.2, 0) is 0 Å². The van der Waals surface area contributed by atoms with Crippen molar-refractivity contribution >= 4 is 38.9 Å². The number of benzene rings is 1. The Balaban J connectivity index is 2.43. The number of halogens is 2. The van der Waals surface area contributed by atoms with Gasteiger partial charge in [-0.05, 0) is 28.1 Å². The van der Waals surface area contributed by atoms with Crippen LogP contribution in [0.15, 0.2) is 34.8 Å². The number of nitro groups is 1. The van der Waals surface area contributed by atoms with Crippen LogP contribution >= 0.6 is 15.9 Å². The van der Waals surface area contributed by atoms with E-state index in [4.69, 9.17) is 5.84 Å². The standard InChI is InChI=1S/C11H9BrFN5O2/c12-7-2-1-3-8(13)11(7)16-9-4-6(18(19)20)5-10(15-9)17-14/h1-5H,14H2,(H2,15,16,17). The topological polar surface area (TPSA) is 106 Å². The van der Waals surface area contributed by atoms with Crippen LogP contribution in [-0.4, -0.2) is 9.91 Å². The minimum Gasteiger partial charge on any atom is -0.337 e. The van der Waals surface area contributed by atoms with Crippen molar-refractivity contribution in [3.05, 3.63) is 50.7 Å². The molecule has 2 aromatic rings. The lowest BCUT2D eigenvalue weighted by Crippen LogP contribution is -2.10. The Bertz CT molecular complexity index is 647. The minimum absolute atomic E-state index is 0.0918. The smallest absolute Gasteiger partial charge is 0.276 e. The van der Waals surface area contributed by atoms with Crippen molar-refractivity contribution in [2.45, 2.75) is 0 Å². The molecule has 0 saturated heterocycles. The van der Waals surface area contributed by atoms with E-state index in [0.29, 0.717) is 4.47 Å². The van der Waals surface area contributed by atoms with Gasteiger partial charge in [0.25, 0.3) is 5.69 Å². The molecular weight excluding hydrogens is 333 g/mol. The summed E-state index contributed by atoms with van der Waals surface area (Å²) in [5.74, 6) is 4.86. The molecule has 0 aliphatic carbocycles. The van der Waals surface area contributed by atoms with Gasteiger partial charge in [0.05, 0.1) is 22.7 Å². The number of hydrogen-bond acceptors (Lipinski definition) is 6. The monoisotopic (exact) mass is 341 g/mol. The fraction of sp³-hybridized carbons (Fsp3) is 0. The summed E-state index contributed by atoms with van der Waals surface area (Å²) in [4.78, 5) is 14.2. The van der Waals surface area contributed by atoms with Crippen molar-refractivity contribution in [2.24, 2.45) is 5.84 Å². The van der Waals surface area contributed by atoms with E-state index < -0.39 is 10.7 Å². The minimum atomic E-state index is -0.593. The summed E-state index contributed by atoms with van der Waals surface area (Å²) in [5, 5.41) is 13.5. The molecule has 0 radical (unpaired) electrons. The van der Waals surface area contributed by atoms with Crippen LogP contribution in [0.25, 0.3) is 0 Å². The Kier molecular flexibility index (Phi) is 4.11. The largest absolute Gasteiger partial charge is 0.337 e. The van der Waals surface area contributed by atoms with Gasteiger partial charge in [0.15, 0.2) is 0 Å². The number of pyridine rings is 1. The maximum atomic E-state index is 13.7. The zero-order chi connectivity index (χ0) is 14.7. The predicted octanol–water partition coefficient (Wildman–Crippen LogP) is 2.92. The van der Waals surface area contributed by atoms with Crippen molar-refractivity contribution in [1.82, 2.24) is 4.98 Å². The summed E-state index contributed by atoms with van der Waals surface area (Å²) in [6.45, 7) is 0. The molecule has 7 nitrogen and oxygen atoms in total. The number of rotatable bonds is 4. The van der Waals surface area contributed by atoms with E-state index in [2.05, 4.69) is 31.7 Å². The Morgan fingerprint density at radius 2 is 2.05 bits per heavy atom. The molecule has 9 heteroatoms. The molecule has 0 fully saturated rings. The first kappa shape index (κ1) is 14.2. The van der Waals surface area contributed by atoms with Gasteiger partial charge in [-0.1, -0.05) is 6.07 Å². The molecule has 4 N–H and O–H groups in total. The van der Waals surface area contributed by atoms with Gasteiger partial charge in [-0.25, -0.2) is 15.2 Å². The molecular formula is C11H9BrFN5O2. The number of hydrogen-bond donors (Lipinski definition) is 3. The number of nitrogen functional groups attached to an aromatic ring is 1. The molecule has 0 amide bonds. The molecule has 2 rings (SSSR count). The first-order valence-corrected chi connectivity index (χ1v) is 6.14. The van der Waals surface area contributed by atoms with E-state index in [0.717, 1.165) is 0 Å². The SMILES string of the molecule is NNc1cc([N+](=O)[O-])cc(Nc2c(F)cccc2Br)n1. The molecule has 0 aliphatic rings. The molecule has 104 valence electrons. The molecule has 0 spiro atoms. The van der Waals surface area contributed by atoms with Crippen LogP contribution < -0.4 is 16.6 Å². The average molecular weight is 342 g/mol. The number of anilines is 3. The third-order valence-electron chi connectivity index (χ3n) is 2.38. The number of hydrazine groups is 1. The van der Waals surface area contributed by atoms with Gasteiger partial charge in [-0.3, -0.25) is 10.1 Å². The van der Waals surface area contributed by atoms with Crippen LogP contribution in [0.3, 0.4) is 0 Å². The highest BCUT2D eigenvalue weighted by atomic mass is 79.9. The second-order valence-electron chi connectivity index (χ2n) is 3.72. The van der Waals surface area contributed by atoms with E-state index in [-0.39, 0.29) is 23.0 Å². The number of nitrogens with two attached hydrogens (primary N) is 1. The Morgan fingerprint density at radius 3 is 2.65 bits per heavy atom. The molecule has 0 unspecified atom stereocenters. The van der Waals surface area contributed by atoms with Crippen molar-refractivity contribution in [3.63, 3.8) is 0 Å². The fourth-order valence-corrected chi connectivity index (χ4v) is 1.95. The van der Waals surface area contributed by atoms with Crippen molar-refractivity contribution < 1.29 is 9.31 Å². The lowest BCUT2D eigenvalue weighted by molar-refractivity contribution is -0.384. The van der Waals surface area contributed by atoms with Gasteiger partial charge in [0, 0.05) is 4.47 Å². The van der Waals surface area contributed by atoms with Gasteiger partial charge in [0.1, 0.15) is 17.5 Å². The predicted molar refractivity (Wildman–Crippen MR) is 76.1 cm³/mol. The number of nitrogens with one attached hydrogen (secondary N) is 2. The third kappa shape index (κ3) is 3.00. The molecule has 20 heavy (non-hydrogen) atoms. The Morgan fingerprint density at radius 1 is 1.35 bits per heavy atom. The van der Waals surface area contributed by atoms with Gasteiger partial charge in [-0.15, -0.1) is 0 Å².